The molecule has 0 aromatic carbocycles. The lowest BCUT2D eigenvalue weighted by Crippen LogP contribution is -2.43. The lowest BCUT2D eigenvalue weighted by atomic mass is 9.97. The van der Waals surface area contributed by atoms with Gasteiger partial charge in [0, 0.05) is 5.38 Å². The maximum atomic E-state index is 10.5. The molecule has 0 aliphatic carbocycles. The number of hydrogen-bond acceptors (Lipinski definition) is 8. The first-order valence-corrected chi connectivity index (χ1v) is 8.41. The third-order valence-electron chi connectivity index (χ3n) is 3.93. The van der Waals surface area contributed by atoms with Crippen LogP contribution in [0.5, 0.6) is 0 Å². The summed E-state index contributed by atoms with van der Waals surface area (Å²) in [5.41, 5.74) is 0.591. The van der Waals surface area contributed by atoms with Gasteiger partial charge in [-0.15, -0.1) is 0 Å². The Morgan fingerprint density at radius 1 is 1.62 bits per heavy atom. The number of aromatic amines is 1. The van der Waals surface area contributed by atoms with Crippen LogP contribution in [-0.2, 0) is 4.74 Å². The summed E-state index contributed by atoms with van der Waals surface area (Å²) >= 11 is 17.3. The number of H-pyrrole nitrogens is 1. The van der Waals surface area contributed by atoms with Crippen molar-refractivity contribution in [1.29, 1.82) is 0 Å². The van der Waals surface area contributed by atoms with E-state index in [1.54, 1.807) is 0 Å². The number of ether oxygens (including phenoxy) is 1. The van der Waals surface area contributed by atoms with Gasteiger partial charge in [0.1, 0.15) is 22.4 Å². The summed E-state index contributed by atoms with van der Waals surface area (Å²) in [6, 6.07) is 0. The van der Waals surface area contributed by atoms with Gasteiger partial charge in [0.05, 0.1) is 12.4 Å². The zero-order valence-corrected chi connectivity index (χ0v) is 15.5. The number of nitrogens with one attached hydrogen (secondary N) is 1. The fraction of sp³-hybridized carbons (Fsp3) is 0.462. The summed E-state index contributed by atoms with van der Waals surface area (Å²) in [7, 11) is 0. The predicted octanol–water partition coefficient (Wildman–Crippen LogP) is 1.26. The zero-order valence-electron chi connectivity index (χ0n) is 13.2. The summed E-state index contributed by atoms with van der Waals surface area (Å²) in [5, 5.41) is 29.3. The van der Waals surface area contributed by atoms with Gasteiger partial charge in [0.15, 0.2) is 16.7 Å². The van der Waals surface area contributed by atoms with E-state index in [1.165, 1.54) is 17.8 Å². The first-order valence-electron chi connectivity index (χ1n) is 7.24. The molecule has 2 aromatic rings. The number of halogens is 2. The fourth-order valence-corrected chi connectivity index (χ4v) is 3.52. The molecule has 0 radical (unpaired) electrons. The number of fused-ring (bicyclic) bond motifs is 1. The molecule has 138 valence electrons. The van der Waals surface area contributed by atoms with E-state index in [2.05, 4.69) is 36.6 Å². The Labute approximate surface area is 162 Å². The van der Waals surface area contributed by atoms with Crippen molar-refractivity contribution in [1.82, 2.24) is 19.5 Å². The van der Waals surface area contributed by atoms with E-state index >= 15 is 0 Å². The van der Waals surface area contributed by atoms with Crippen LogP contribution in [-0.4, -0.2) is 52.9 Å². The van der Waals surface area contributed by atoms with E-state index in [0.29, 0.717) is 5.52 Å². The standard InChI is InChI=1S/C13H13Cl2N7O3S/c1-5(23)7-8(24)13(15,2-3-14)11(25-7)22-4-17-6-9(22)18-12(20-21-16)19-10(6)26/h4-5,7-8,11,23-24H,1H3,(H3,16,18,19,20,26)/t5-,7+,8?,11+,13+/m0/s1. The quantitative estimate of drug-likeness (QED) is 0.147. The molecule has 5 atom stereocenters. The lowest BCUT2D eigenvalue weighted by molar-refractivity contribution is -0.0752. The van der Waals surface area contributed by atoms with Crippen molar-refractivity contribution >= 4 is 52.5 Å². The third-order valence-corrected chi connectivity index (χ3v) is 4.82. The van der Waals surface area contributed by atoms with Crippen molar-refractivity contribution in [3.8, 4) is 11.3 Å². The second-order valence-electron chi connectivity index (χ2n) is 5.56. The number of imidazole rings is 1. The van der Waals surface area contributed by atoms with Crippen LogP contribution in [0.1, 0.15) is 13.2 Å². The number of hydrogen-bond donors (Lipinski definition) is 4. The van der Waals surface area contributed by atoms with Gasteiger partial charge in [-0.25, -0.2) is 4.98 Å². The number of aliphatic hydroxyl groups excluding tert-OH is 2. The number of aliphatic hydroxyl groups is 2. The molecule has 0 amide bonds. The highest BCUT2D eigenvalue weighted by atomic mass is 35.5. The average Bonchev–Trinajstić information content (AvgIpc) is 3.09. The highest BCUT2D eigenvalue weighted by Crippen LogP contribution is 2.45. The van der Waals surface area contributed by atoms with Crippen LogP contribution in [0, 0.1) is 15.9 Å². The molecular weight excluding hydrogens is 405 g/mol. The molecule has 10 nitrogen and oxygen atoms in total. The fourth-order valence-electron chi connectivity index (χ4n) is 2.75. The van der Waals surface area contributed by atoms with Crippen molar-refractivity contribution in [2.45, 2.75) is 36.3 Å². The van der Waals surface area contributed by atoms with Crippen LogP contribution in [0.15, 0.2) is 16.7 Å². The van der Waals surface area contributed by atoms with Crippen molar-refractivity contribution in [3.05, 3.63) is 11.0 Å². The molecule has 0 bridgehead atoms. The van der Waals surface area contributed by atoms with E-state index in [4.69, 9.17) is 46.0 Å². The number of alkyl halides is 1. The zero-order chi connectivity index (χ0) is 19.1. The molecule has 1 fully saturated rings. The first-order chi connectivity index (χ1) is 12.3. The van der Waals surface area contributed by atoms with Gasteiger partial charge in [-0.05, 0) is 18.5 Å². The smallest absolute Gasteiger partial charge is 0.251 e. The molecule has 0 spiro atoms. The van der Waals surface area contributed by atoms with Gasteiger partial charge in [-0.1, -0.05) is 40.1 Å². The van der Waals surface area contributed by atoms with Crippen molar-refractivity contribution < 1.29 is 14.9 Å². The number of nitrogens with zero attached hydrogens (tertiary/aromatic N) is 5. The SMILES string of the molecule is C[C@H](O)[C@H]1O[C@@H](n2cnc3c(=S)[nH]c(N=NN)nc32)[C@@](Cl)(C#CCl)C1O. The number of rotatable bonds is 3. The second kappa shape index (κ2) is 7.07. The minimum absolute atomic E-state index is 0.0426. The van der Waals surface area contributed by atoms with E-state index < -0.39 is 29.4 Å². The van der Waals surface area contributed by atoms with E-state index in [9.17, 15) is 10.2 Å². The summed E-state index contributed by atoms with van der Waals surface area (Å²) in [4.78, 5) is 9.46. The van der Waals surface area contributed by atoms with Crippen molar-refractivity contribution in [2.75, 3.05) is 0 Å². The van der Waals surface area contributed by atoms with E-state index in [0.717, 1.165) is 0 Å². The van der Waals surface area contributed by atoms with E-state index in [-0.39, 0.29) is 16.2 Å². The highest BCUT2D eigenvalue weighted by Gasteiger charge is 2.57. The highest BCUT2D eigenvalue weighted by molar-refractivity contribution is 7.71. The Bertz CT molecular complexity index is 981. The Morgan fingerprint density at radius 2 is 2.35 bits per heavy atom. The first kappa shape index (κ1) is 19.0. The summed E-state index contributed by atoms with van der Waals surface area (Å²) in [5.74, 6) is 7.62. The summed E-state index contributed by atoms with van der Waals surface area (Å²) in [6.45, 7) is 1.46. The maximum absolute atomic E-state index is 10.5. The monoisotopic (exact) mass is 417 g/mol. The second-order valence-corrected chi connectivity index (χ2v) is 6.78. The molecule has 5 N–H and O–H groups in total. The maximum Gasteiger partial charge on any atom is 0.251 e. The summed E-state index contributed by atoms with van der Waals surface area (Å²) in [6.07, 6.45) is -3.05. The van der Waals surface area contributed by atoms with Gasteiger partial charge < -0.3 is 25.8 Å². The Morgan fingerprint density at radius 3 is 2.96 bits per heavy atom. The largest absolute Gasteiger partial charge is 0.391 e. The van der Waals surface area contributed by atoms with E-state index in [1.807, 2.05) is 0 Å². The molecule has 0 saturated carbocycles. The molecule has 13 heteroatoms. The lowest BCUT2D eigenvalue weighted by Gasteiger charge is -2.25. The molecule has 1 aliphatic heterocycles. The van der Waals surface area contributed by atoms with Gasteiger partial charge in [0.2, 0.25) is 0 Å². The molecule has 1 unspecified atom stereocenters. The van der Waals surface area contributed by atoms with Gasteiger partial charge in [-0.2, -0.15) is 4.98 Å². The van der Waals surface area contributed by atoms with Crippen LogP contribution < -0.4 is 5.84 Å². The summed E-state index contributed by atoms with van der Waals surface area (Å²) < 4.78 is 7.43. The van der Waals surface area contributed by atoms with Crippen LogP contribution in [0.3, 0.4) is 0 Å². The molecule has 3 heterocycles. The van der Waals surface area contributed by atoms with Gasteiger partial charge in [-0.3, -0.25) is 4.57 Å². The minimum atomic E-state index is -1.66. The van der Waals surface area contributed by atoms with Crippen molar-refractivity contribution in [2.24, 2.45) is 16.2 Å². The molecule has 2 aromatic heterocycles. The topological polar surface area (TPSA) is 147 Å². The molecule has 3 rings (SSSR count). The normalized spacial score (nSPS) is 29.8. The molecular formula is C13H13Cl2N7O3S. The Balaban J connectivity index is 2.20. The van der Waals surface area contributed by atoms with Crippen LogP contribution in [0.25, 0.3) is 11.2 Å². The Hall–Kier alpha value is -1.81. The third kappa shape index (κ3) is 2.94. The molecule has 1 aliphatic rings. The van der Waals surface area contributed by atoms with Crippen molar-refractivity contribution in [3.63, 3.8) is 0 Å². The Kier molecular flexibility index (Phi) is 5.16. The van der Waals surface area contributed by atoms with Crippen LogP contribution in [0.2, 0.25) is 0 Å². The van der Waals surface area contributed by atoms with Gasteiger partial charge >= 0.3 is 0 Å². The molecule has 26 heavy (non-hydrogen) atoms. The average molecular weight is 418 g/mol. The van der Waals surface area contributed by atoms with Gasteiger partial charge in [0.25, 0.3) is 5.95 Å². The minimum Gasteiger partial charge on any atom is -0.391 e. The number of nitrogens with two attached hydrogens (primary N) is 1. The molecule has 1 saturated heterocycles. The van der Waals surface area contributed by atoms with Crippen LogP contribution in [0.4, 0.5) is 5.95 Å². The number of aromatic nitrogens is 4. The predicted molar refractivity (Wildman–Crippen MR) is 95.2 cm³/mol. The van der Waals surface area contributed by atoms with Crippen LogP contribution >= 0.6 is 35.4 Å².